The fraction of sp³-hybridized carbons (Fsp3) is 0.667. The lowest BCUT2D eigenvalue weighted by Crippen LogP contribution is -2.48. The summed E-state index contributed by atoms with van der Waals surface area (Å²) in [5, 5.41) is 0. The Kier molecular flexibility index (Phi) is 5.88. The summed E-state index contributed by atoms with van der Waals surface area (Å²) in [4.78, 5) is 28.7. The Morgan fingerprint density at radius 2 is 1.79 bits per heavy atom. The van der Waals surface area contributed by atoms with Crippen LogP contribution in [-0.2, 0) is 11.8 Å². The first kappa shape index (κ1) is 20.9. The topological polar surface area (TPSA) is 40.6 Å². The molecule has 4 heteroatoms. The molecule has 2 amide bonds. The van der Waals surface area contributed by atoms with Gasteiger partial charge in [0, 0.05) is 32.2 Å². The molecule has 154 valence electrons. The Bertz CT molecular complexity index is 749. The fourth-order valence-corrected chi connectivity index (χ4v) is 4.90. The van der Waals surface area contributed by atoms with Crippen LogP contribution in [0.3, 0.4) is 0 Å². The predicted octanol–water partition coefficient (Wildman–Crippen LogP) is 5.05. The number of carbonyl (C=O) groups excluding carboxylic acids is 2. The van der Waals surface area contributed by atoms with Crippen LogP contribution in [0.15, 0.2) is 18.2 Å². The molecular formula is C24H36N2O2. The minimum absolute atomic E-state index is 0.0670. The number of urea groups is 1. The monoisotopic (exact) mass is 384 g/mol. The largest absolute Gasteiger partial charge is 0.328 e. The molecular weight excluding hydrogens is 348 g/mol. The molecule has 1 heterocycles. The smallest absolute Gasteiger partial charge is 0.319 e. The summed E-state index contributed by atoms with van der Waals surface area (Å²) in [5.74, 6) is 0.117. The second kappa shape index (κ2) is 7.88. The molecule has 1 atom stereocenters. The van der Waals surface area contributed by atoms with Crippen LogP contribution in [0.4, 0.5) is 4.79 Å². The number of amides is 2. The first-order valence-corrected chi connectivity index (χ1v) is 10.8. The van der Waals surface area contributed by atoms with Gasteiger partial charge in [-0.15, -0.1) is 0 Å². The minimum atomic E-state index is -0.0670. The first-order chi connectivity index (χ1) is 13.2. The van der Waals surface area contributed by atoms with Crippen LogP contribution in [0.1, 0.15) is 81.3 Å². The highest BCUT2D eigenvalue weighted by atomic mass is 16.2. The summed E-state index contributed by atoms with van der Waals surface area (Å²) < 4.78 is 0. The first-order valence-electron chi connectivity index (χ1n) is 10.8. The molecule has 1 aromatic rings. The third-order valence-corrected chi connectivity index (χ3v) is 7.52. The van der Waals surface area contributed by atoms with Crippen molar-refractivity contribution in [2.75, 3.05) is 26.7 Å². The van der Waals surface area contributed by atoms with Gasteiger partial charge in [0.25, 0.3) is 0 Å². The van der Waals surface area contributed by atoms with Crippen molar-refractivity contribution in [3.05, 3.63) is 34.9 Å². The molecule has 28 heavy (non-hydrogen) atoms. The van der Waals surface area contributed by atoms with E-state index >= 15 is 0 Å². The number of rotatable bonds is 4. The summed E-state index contributed by atoms with van der Waals surface area (Å²) in [6.07, 6.45) is 6.55. The minimum Gasteiger partial charge on any atom is -0.328 e. The van der Waals surface area contributed by atoms with E-state index in [0.717, 1.165) is 57.3 Å². The van der Waals surface area contributed by atoms with Gasteiger partial charge in [-0.1, -0.05) is 32.9 Å². The van der Waals surface area contributed by atoms with E-state index in [-0.39, 0.29) is 22.6 Å². The van der Waals surface area contributed by atoms with Gasteiger partial charge in [-0.25, -0.2) is 4.79 Å². The van der Waals surface area contributed by atoms with Gasteiger partial charge >= 0.3 is 6.03 Å². The van der Waals surface area contributed by atoms with Crippen molar-refractivity contribution in [2.24, 2.45) is 5.41 Å². The number of piperidine rings is 1. The van der Waals surface area contributed by atoms with Crippen LogP contribution < -0.4 is 0 Å². The zero-order chi connectivity index (χ0) is 20.5. The summed E-state index contributed by atoms with van der Waals surface area (Å²) in [7, 11) is 1.93. The molecule has 4 nitrogen and oxygen atoms in total. The molecule has 0 aromatic heterocycles. The Morgan fingerprint density at radius 1 is 1.11 bits per heavy atom. The summed E-state index contributed by atoms with van der Waals surface area (Å²) in [6.45, 7) is 11.1. The molecule has 3 rings (SSSR count). The number of benzene rings is 1. The van der Waals surface area contributed by atoms with Gasteiger partial charge < -0.3 is 9.80 Å². The molecule has 0 unspecified atom stereocenters. The van der Waals surface area contributed by atoms with Gasteiger partial charge in [0.1, 0.15) is 0 Å². The van der Waals surface area contributed by atoms with Crippen LogP contribution in [0.2, 0.25) is 0 Å². The van der Waals surface area contributed by atoms with E-state index in [9.17, 15) is 9.59 Å². The summed E-state index contributed by atoms with van der Waals surface area (Å²) in [5.41, 5.74) is 3.50. The van der Waals surface area contributed by atoms with Crippen LogP contribution >= 0.6 is 0 Å². The van der Waals surface area contributed by atoms with E-state index in [0.29, 0.717) is 0 Å². The van der Waals surface area contributed by atoms with Gasteiger partial charge in [0.15, 0.2) is 5.78 Å². The van der Waals surface area contributed by atoms with Crippen LogP contribution in [0, 0.1) is 5.41 Å². The average Bonchev–Trinajstić information content (AvgIpc) is 2.69. The maximum Gasteiger partial charge on any atom is 0.319 e. The van der Waals surface area contributed by atoms with E-state index in [2.05, 4.69) is 32.9 Å². The molecule has 2 aliphatic rings. The lowest BCUT2D eigenvalue weighted by molar-refractivity contribution is 0.101. The van der Waals surface area contributed by atoms with Crippen LogP contribution in [-0.4, -0.2) is 48.3 Å². The molecule has 1 aliphatic heterocycles. The summed E-state index contributed by atoms with van der Waals surface area (Å²) in [6, 6.07) is 6.38. The molecule has 0 saturated carbocycles. The van der Waals surface area contributed by atoms with E-state index in [1.165, 1.54) is 17.5 Å². The summed E-state index contributed by atoms with van der Waals surface area (Å²) >= 11 is 0. The average molecular weight is 385 g/mol. The number of Topliss-reactive ketones (excluding diaryl/α,β-unsaturated/α-hetero) is 1. The number of carbonyl (C=O) groups is 2. The second-order valence-electron chi connectivity index (χ2n) is 9.65. The fourth-order valence-electron chi connectivity index (χ4n) is 4.90. The molecule has 0 spiro atoms. The maximum absolute atomic E-state index is 12.8. The number of ketones is 1. The zero-order valence-electron chi connectivity index (χ0n) is 18.3. The Morgan fingerprint density at radius 3 is 2.43 bits per heavy atom. The highest BCUT2D eigenvalue weighted by molar-refractivity contribution is 5.94. The van der Waals surface area contributed by atoms with E-state index in [1.807, 2.05) is 22.9 Å². The molecule has 1 saturated heterocycles. The quantitative estimate of drug-likeness (QED) is 0.682. The number of hydrogen-bond acceptors (Lipinski definition) is 2. The number of nitrogens with zero attached hydrogens (tertiary/aromatic N) is 2. The van der Waals surface area contributed by atoms with Crippen molar-refractivity contribution in [1.82, 2.24) is 9.80 Å². The number of hydrogen-bond donors (Lipinski definition) is 0. The van der Waals surface area contributed by atoms with Crippen LogP contribution in [0.5, 0.6) is 0 Å². The van der Waals surface area contributed by atoms with Crippen molar-refractivity contribution in [1.29, 1.82) is 0 Å². The zero-order valence-corrected chi connectivity index (χ0v) is 18.3. The van der Waals surface area contributed by atoms with E-state index in [4.69, 9.17) is 0 Å². The Labute approximate surface area is 170 Å². The maximum atomic E-state index is 12.8. The van der Waals surface area contributed by atoms with Gasteiger partial charge in [0.2, 0.25) is 0 Å². The second-order valence-corrected chi connectivity index (χ2v) is 9.65. The van der Waals surface area contributed by atoms with Gasteiger partial charge in [0.05, 0.1) is 0 Å². The molecule has 0 radical (unpaired) electrons. The number of fused-ring (bicyclic) bond motifs is 1. The van der Waals surface area contributed by atoms with Crippen LogP contribution in [0.25, 0.3) is 0 Å². The highest BCUT2D eigenvalue weighted by Crippen LogP contribution is 2.52. The Balaban J connectivity index is 1.82. The standard InChI is InChI=1S/C24H36N2O2/c1-18(27)20-10-9-19-11-12-23(2,3)24(4,21(19)17-20)13-16-25(5)22(28)26-14-7-6-8-15-26/h9-10,17H,6-8,11-16H2,1-5H3/t24-/m0/s1. The predicted molar refractivity (Wildman–Crippen MR) is 114 cm³/mol. The SMILES string of the molecule is CC(=O)c1ccc2c(c1)[C@](C)(CCN(C)C(=O)N1CCCCC1)C(C)(C)CC2. The van der Waals surface area contributed by atoms with Crippen molar-refractivity contribution in [2.45, 2.75) is 71.6 Å². The normalized spacial score (nSPS) is 23.8. The Hall–Kier alpha value is -1.84. The van der Waals surface area contributed by atoms with Gasteiger partial charge in [-0.2, -0.15) is 0 Å². The molecule has 1 fully saturated rings. The third kappa shape index (κ3) is 3.83. The van der Waals surface area contributed by atoms with Crippen molar-refractivity contribution >= 4 is 11.8 Å². The molecule has 1 aromatic carbocycles. The number of likely N-dealkylation sites (tertiary alicyclic amines) is 1. The molecule has 0 bridgehead atoms. The van der Waals surface area contributed by atoms with E-state index < -0.39 is 0 Å². The third-order valence-electron chi connectivity index (χ3n) is 7.52. The lowest BCUT2D eigenvalue weighted by atomic mass is 9.55. The molecule has 0 N–H and O–H groups in total. The van der Waals surface area contributed by atoms with Gasteiger partial charge in [-0.05, 0) is 73.5 Å². The highest BCUT2D eigenvalue weighted by Gasteiger charge is 2.46. The van der Waals surface area contributed by atoms with Gasteiger partial charge in [-0.3, -0.25) is 4.79 Å². The van der Waals surface area contributed by atoms with Crippen molar-refractivity contribution < 1.29 is 9.59 Å². The van der Waals surface area contributed by atoms with Crippen molar-refractivity contribution in [3.8, 4) is 0 Å². The van der Waals surface area contributed by atoms with E-state index in [1.54, 1.807) is 6.92 Å². The number of aryl methyl sites for hydroxylation is 1. The van der Waals surface area contributed by atoms with Crippen molar-refractivity contribution in [3.63, 3.8) is 0 Å². The molecule has 1 aliphatic carbocycles. The lowest BCUT2D eigenvalue weighted by Gasteiger charge is -2.50.